The van der Waals surface area contributed by atoms with E-state index in [9.17, 15) is 9.59 Å². The number of aromatic amines is 1. The van der Waals surface area contributed by atoms with E-state index in [1.165, 1.54) is 0 Å². The third kappa shape index (κ3) is 3.59. The summed E-state index contributed by atoms with van der Waals surface area (Å²) < 4.78 is 0.813. The highest BCUT2D eigenvalue weighted by Crippen LogP contribution is 2.14. The third-order valence-corrected chi connectivity index (χ3v) is 2.88. The second-order valence-electron chi connectivity index (χ2n) is 4.38. The van der Waals surface area contributed by atoms with Gasteiger partial charge in [-0.05, 0) is 35.8 Å². The highest BCUT2D eigenvalue weighted by molar-refractivity contribution is 9.10. The molecular weight excluding hydrogens is 286 g/mol. The topological polar surface area (TPSA) is 74.0 Å². The maximum atomic E-state index is 11.7. The average Bonchev–Trinajstić information content (AvgIpc) is 2.71. The molecule has 2 amide bonds. The summed E-state index contributed by atoms with van der Waals surface area (Å²) in [6, 6.07) is 1.68. The summed E-state index contributed by atoms with van der Waals surface area (Å²) >= 11 is 3.25. The van der Waals surface area contributed by atoms with Crippen LogP contribution in [-0.4, -0.2) is 30.4 Å². The predicted molar refractivity (Wildman–Crippen MR) is 68.7 cm³/mol. The van der Waals surface area contributed by atoms with Crippen LogP contribution >= 0.6 is 15.9 Å². The van der Waals surface area contributed by atoms with Gasteiger partial charge in [-0.15, -0.1) is 0 Å². The molecule has 0 aliphatic rings. The quantitative estimate of drug-likeness (QED) is 0.784. The third-order valence-electron chi connectivity index (χ3n) is 2.43. The minimum absolute atomic E-state index is 0.106. The van der Waals surface area contributed by atoms with Crippen molar-refractivity contribution in [2.75, 3.05) is 13.6 Å². The van der Waals surface area contributed by atoms with Crippen LogP contribution in [0, 0.1) is 5.41 Å². The standard InChI is InChI=1S/C11H16BrN3O2/c1-11(2,10(17)13-3)6-15-9(16)8-4-7(12)5-14-8/h4-5,14H,6H2,1-3H3,(H,13,17)(H,15,16). The molecule has 1 aromatic heterocycles. The summed E-state index contributed by atoms with van der Waals surface area (Å²) in [7, 11) is 1.58. The summed E-state index contributed by atoms with van der Waals surface area (Å²) in [5, 5.41) is 5.28. The van der Waals surface area contributed by atoms with E-state index >= 15 is 0 Å². The number of H-pyrrole nitrogens is 1. The summed E-state index contributed by atoms with van der Waals surface area (Å²) in [6.07, 6.45) is 1.68. The number of carbonyl (C=O) groups excluding carboxylic acids is 2. The van der Waals surface area contributed by atoms with Gasteiger partial charge >= 0.3 is 0 Å². The molecule has 3 N–H and O–H groups in total. The maximum absolute atomic E-state index is 11.7. The number of hydrogen-bond donors (Lipinski definition) is 3. The molecule has 1 aromatic rings. The number of amides is 2. The van der Waals surface area contributed by atoms with Gasteiger partial charge < -0.3 is 15.6 Å². The van der Waals surface area contributed by atoms with Crippen molar-refractivity contribution in [2.24, 2.45) is 5.41 Å². The van der Waals surface area contributed by atoms with Gasteiger partial charge in [0.05, 0.1) is 5.41 Å². The van der Waals surface area contributed by atoms with Crippen LogP contribution in [0.25, 0.3) is 0 Å². The molecule has 0 radical (unpaired) electrons. The van der Waals surface area contributed by atoms with Gasteiger partial charge in [-0.1, -0.05) is 0 Å². The van der Waals surface area contributed by atoms with E-state index in [2.05, 4.69) is 31.5 Å². The van der Waals surface area contributed by atoms with Crippen LogP contribution in [0.2, 0.25) is 0 Å². The van der Waals surface area contributed by atoms with E-state index in [-0.39, 0.29) is 18.4 Å². The van der Waals surface area contributed by atoms with Crippen molar-refractivity contribution in [3.05, 3.63) is 22.4 Å². The Morgan fingerprint density at radius 2 is 2.12 bits per heavy atom. The van der Waals surface area contributed by atoms with Crippen molar-refractivity contribution in [3.63, 3.8) is 0 Å². The molecule has 0 atom stereocenters. The van der Waals surface area contributed by atoms with Crippen molar-refractivity contribution >= 4 is 27.7 Å². The molecule has 0 aromatic carbocycles. The van der Waals surface area contributed by atoms with Crippen LogP contribution in [0.4, 0.5) is 0 Å². The smallest absolute Gasteiger partial charge is 0.267 e. The number of carbonyl (C=O) groups is 2. The Morgan fingerprint density at radius 3 is 2.59 bits per heavy atom. The first-order valence-electron chi connectivity index (χ1n) is 5.21. The normalized spacial score (nSPS) is 11.1. The molecule has 0 aliphatic heterocycles. The van der Waals surface area contributed by atoms with Crippen LogP contribution in [0.5, 0.6) is 0 Å². The molecular formula is C11H16BrN3O2. The molecule has 1 heterocycles. The summed E-state index contributed by atoms with van der Waals surface area (Å²) in [6.45, 7) is 3.83. The fourth-order valence-electron chi connectivity index (χ4n) is 1.31. The van der Waals surface area contributed by atoms with Crippen molar-refractivity contribution < 1.29 is 9.59 Å². The minimum atomic E-state index is -0.631. The van der Waals surface area contributed by atoms with Crippen molar-refractivity contribution in [1.82, 2.24) is 15.6 Å². The van der Waals surface area contributed by atoms with Gasteiger partial charge in [0.25, 0.3) is 5.91 Å². The lowest BCUT2D eigenvalue weighted by atomic mass is 9.92. The fourth-order valence-corrected chi connectivity index (χ4v) is 1.66. The molecule has 0 saturated heterocycles. The van der Waals surface area contributed by atoms with E-state index < -0.39 is 5.41 Å². The number of hydrogen-bond acceptors (Lipinski definition) is 2. The first-order valence-corrected chi connectivity index (χ1v) is 6.00. The lowest BCUT2D eigenvalue weighted by Gasteiger charge is -2.22. The molecule has 0 aliphatic carbocycles. The zero-order chi connectivity index (χ0) is 13.1. The van der Waals surface area contributed by atoms with Gasteiger partial charge in [-0.25, -0.2) is 0 Å². The average molecular weight is 302 g/mol. The highest BCUT2D eigenvalue weighted by Gasteiger charge is 2.27. The molecule has 0 saturated carbocycles. The van der Waals surface area contributed by atoms with Crippen molar-refractivity contribution in [1.29, 1.82) is 0 Å². The Balaban J connectivity index is 2.57. The Hall–Kier alpha value is -1.30. The van der Waals surface area contributed by atoms with E-state index in [0.29, 0.717) is 5.69 Å². The number of halogens is 1. The largest absolute Gasteiger partial charge is 0.359 e. The number of aromatic nitrogens is 1. The van der Waals surface area contributed by atoms with Crippen LogP contribution in [0.3, 0.4) is 0 Å². The monoisotopic (exact) mass is 301 g/mol. The second kappa shape index (κ2) is 5.35. The summed E-state index contributed by atoms with van der Waals surface area (Å²) in [5.41, 5.74) is -0.168. The molecule has 0 fully saturated rings. The van der Waals surface area contributed by atoms with Gasteiger partial charge in [0.1, 0.15) is 5.69 Å². The van der Waals surface area contributed by atoms with Crippen molar-refractivity contribution in [3.8, 4) is 0 Å². The molecule has 0 spiro atoms. The van der Waals surface area contributed by atoms with Crippen LogP contribution in [0.1, 0.15) is 24.3 Å². The van der Waals surface area contributed by atoms with Crippen LogP contribution in [0.15, 0.2) is 16.7 Å². The van der Waals surface area contributed by atoms with Gasteiger partial charge in [0.15, 0.2) is 0 Å². The van der Waals surface area contributed by atoms with Gasteiger partial charge in [0.2, 0.25) is 5.91 Å². The Morgan fingerprint density at radius 1 is 1.47 bits per heavy atom. The molecule has 0 bridgehead atoms. The molecule has 0 unspecified atom stereocenters. The first-order chi connectivity index (χ1) is 7.86. The van der Waals surface area contributed by atoms with E-state index in [1.54, 1.807) is 33.2 Å². The maximum Gasteiger partial charge on any atom is 0.267 e. The molecule has 5 nitrogen and oxygen atoms in total. The lowest BCUT2D eigenvalue weighted by Crippen LogP contribution is -2.43. The minimum Gasteiger partial charge on any atom is -0.359 e. The molecule has 17 heavy (non-hydrogen) atoms. The van der Waals surface area contributed by atoms with E-state index in [1.807, 2.05) is 0 Å². The number of nitrogens with one attached hydrogen (secondary N) is 3. The summed E-state index contributed by atoms with van der Waals surface area (Å²) in [4.78, 5) is 26.1. The predicted octanol–water partition coefficient (Wildman–Crippen LogP) is 1.28. The van der Waals surface area contributed by atoms with E-state index in [0.717, 1.165) is 4.47 Å². The number of rotatable bonds is 4. The molecule has 1 rings (SSSR count). The zero-order valence-electron chi connectivity index (χ0n) is 10.1. The van der Waals surface area contributed by atoms with Gasteiger partial charge in [-0.2, -0.15) is 0 Å². The lowest BCUT2D eigenvalue weighted by molar-refractivity contribution is -0.128. The van der Waals surface area contributed by atoms with Crippen LogP contribution in [-0.2, 0) is 4.79 Å². The second-order valence-corrected chi connectivity index (χ2v) is 5.29. The zero-order valence-corrected chi connectivity index (χ0v) is 11.6. The highest BCUT2D eigenvalue weighted by atomic mass is 79.9. The molecule has 6 heteroatoms. The van der Waals surface area contributed by atoms with Gasteiger partial charge in [0, 0.05) is 24.3 Å². The Kier molecular flexibility index (Phi) is 4.34. The van der Waals surface area contributed by atoms with Gasteiger partial charge in [-0.3, -0.25) is 9.59 Å². The molecule has 94 valence electrons. The Labute approximate surface area is 108 Å². The Bertz CT molecular complexity index is 426. The fraction of sp³-hybridized carbons (Fsp3) is 0.455. The first kappa shape index (κ1) is 13.8. The SMILES string of the molecule is CNC(=O)C(C)(C)CNC(=O)c1cc(Br)c[nH]1. The van der Waals surface area contributed by atoms with Crippen molar-refractivity contribution in [2.45, 2.75) is 13.8 Å². The van der Waals surface area contributed by atoms with E-state index in [4.69, 9.17) is 0 Å². The van der Waals surface area contributed by atoms with Crippen LogP contribution < -0.4 is 10.6 Å². The summed E-state index contributed by atoms with van der Waals surface area (Å²) in [5.74, 6) is -0.335.